The average molecular weight is 563 g/mol. The molecule has 0 aliphatic heterocycles. The normalized spacial score (nSPS) is 5.68. The van der Waals surface area contributed by atoms with E-state index in [0.29, 0.717) is 0 Å². The molecule has 10 nitrogen and oxygen atoms in total. The maximum Gasteiger partial charge on any atom is 0.300 e. The molecule has 0 aromatic rings. The largest absolute Gasteiger partial charge is 0.481 e. The van der Waals surface area contributed by atoms with Crippen molar-refractivity contribution in [1.29, 1.82) is 0 Å². The van der Waals surface area contributed by atoms with Gasteiger partial charge in [0.15, 0.2) is 0 Å². The zero-order valence-electron chi connectivity index (χ0n) is 12.8. The fourth-order valence-electron chi connectivity index (χ4n) is 0. The fraction of sp³-hybridized carbons (Fsp3) is 0.500. The van der Waals surface area contributed by atoms with Crippen LogP contribution in [-0.2, 0) is 65.8 Å². The summed E-state index contributed by atoms with van der Waals surface area (Å²) in [4.78, 5) is 45.0. The van der Waals surface area contributed by atoms with Gasteiger partial charge >= 0.3 is 0 Å². The van der Waals surface area contributed by atoms with E-state index >= 15 is 0 Å². The van der Waals surface area contributed by atoms with Crippen LogP contribution in [0.25, 0.3) is 0 Å². The number of carboxylic acids is 5. The second-order valence-corrected chi connectivity index (χ2v) is 2.60. The molecular formula is C10H20AuO10Zn. The van der Waals surface area contributed by atoms with Crippen LogP contribution in [0.3, 0.4) is 0 Å². The maximum absolute atomic E-state index is 9.00. The summed E-state index contributed by atoms with van der Waals surface area (Å²) in [5.74, 6) is -4.17. The molecule has 0 fully saturated rings. The summed E-state index contributed by atoms with van der Waals surface area (Å²) in [6, 6.07) is 0. The molecule has 0 bridgehead atoms. The van der Waals surface area contributed by atoms with Crippen molar-refractivity contribution in [2.24, 2.45) is 0 Å². The minimum Gasteiger partial charge on any atom is -0.481 e. The van der Waals surface area contributed by atoms with E-state index in [0.717, 1.165) is 34.6 Å². The first-order chi connectivity index (χ1) is 8.66. The van der Waals surface area contributed by atoms with E-state index in [1.54, 1.807) is 0 Å². The first-order valence-corrected chi connectivity index (χ1v) is 4.64. The number of aliphatic carboxylic acids is 5. The van der Waals surface area contributed by atoms with E-state index in [1.165, 1.54) is 0 Å². The van der Waals surface area contributed by atoms with Crippen molar-refractivity contribution in [3.8, 4) is 0 Å². The Kier molecular flexibility index (Phi) is 71.4. The molecule has 0 aliphatic carbocycles. The van der Waals surface area contributed by atoms with Crippen molar-refractivity contribution >= 4 is 29.8 Å². The third-order valence-electron chi connectivity index (χ3n) is 0. The van der Waals surface area contributed by atoms with Crippen LogP contribution >= 0.6 is 0 Å². The van der Waals surface area contributed by atoms with Gasteiger partial charge in [-0.05, 0) is 0 Å². The standard InChI is InChI=1S/5C2H4O2.Au.Zn/c5*1-2(3)4;;/h5*1H3,(H,3,4);;. The van der Waals surface area contributed by atoms with Crippen LogP contribution in [0.2, 0.25) is 0 Å². The van der Waals surface area contributed by atoms with Gasteiger partial charge < -0.3 is 25.5 Å². The molecule has 0 aliphatic rings. The van der Waals surface area contributed by atoms with E-state index in [-0.39, 0.29) is 41.9 Å². The Hall–Kier alpha value is -1.29. The molecule has 0 unspecified atom stereocenters. The molecule has 22 heavy (non-hydrogen) atoms. The van der Waals surface area contributed by atoms with Gasteiger partial charge in [0, 0.05) is 76.5 Å². The molecule has 0 atom stereocenters. The number of carboxylic acid groups (broad SMARTS) is 5. The number of hydrogen-bond acceptors (Lipinski definition) is 5. The molecule has 0 aromatic carbocycles. The average Bonchev–Trinajstić information content (AvgIpc) is 1.94. The second kappa shape index (κ2) is 36.7. The number of carbonyl (C=O) groups is 5. The molecule has 0 heterocycles. The summed E-state index contributed by atoms with van der Waals surface area (Å²) in [6.07, 6.45) is 0. The summed E-state index contributed by atoms with van der Waals surface area (Å²) in [5.41, 5.74) is 0. The van der Waals surface area contributed by atoms with Crippen molar-refractivity contribution in [2.75, 3.05) is 0 Å². The Morgan fingerprint density at radius 2 is 0.455 bits per heavy atom. The molecule has 5 N–H and O–H groups in total. The molecule has 0 amide bonds. The van der Waals surface area contributed by atoms with Crippen molar-refractivity contribution < 1.29 is 91.4 Å². The Morgan fingerprint density at radius 1 is 0.455 bits per heavy atom. The molecule has 0 aromatic heterocycles. The van der Waals surface area contributed by atoms with Gasteiger partial charge in [-0.1, -0.05) is 0 Å². The summed E-state index contributed by atoms with van der Waals surface area (Å²) in [7, 11) is 0. The van der Waals surface area contributed by atoms with Gasteiger partial charge in [-0.3, -0.25) is 24.0 Å². The zero-order valence-corrected chi connectivity index (χ0v) is 17.9. The molecule has 133 valence electrons. The molecule has 1 radical (unpaired) electrons. The van der Waals surface area contributed by atoms with Crippen molar-refractivity contribution in [1.82, 2.24) is 0 Å². The van der Waals surface area contributed by atoms with Gasteiger partial charge in [-0.15, -0.1) is 0 Å². The van der Waals surface area contributed by atoms with Crippen LogP contribution in [0.4, 0.5) is 0 Å². The zero-order chi connectivity index (χ0) is 17.9. The van der Waals surface area contributed by atoms with E-state index in [1.807, 2.05) is 0 Å². The Morgan fingerprint density at radius 3 is 0.455 bits per heavy atom. The predicted molar refractivity (Wildman–Crippen MR) is 66.5 cm³/mol. The fourth-order valence-corrected chi connectivity index (χ4v) is 0. The van der Waals surface area contributed by atoms with Gasteiger partial charge in [0.05, 0.1) is 0 Å². The first-order valence-electron chi connectivity index (χ1n) is 4.64. The van der Waals surface area contributed by atoms with E-state index in [9.17, 15) is 0 Å². The number of hydrogen-bond donors (Lipinski definition) is 5. The monoisotopic (exact) mass is 561 g/mol. The molecule has 12 heteroatoms. The molecular weight excluding hydrogens is 542 g/mol. The molecule has 0 spiro atoms. The second-order valence-electron chi connectivity index (χ2n) is 2.60. The van der Waals surface area contributed by atoms with Crippen LogP contribution < -0.4 is 0 Å². The van der Waals surface area contributed by atoms with E-state index in [2.05, 4.69) is 0 Å². The minimum absolute atomic E-state index is 0. The van der Waals surface area contributed by atoms with Gasteiger partial charge in [-0.25, -0.2) is 0 Å². The Bertz CT molecular complexity index is 216. The van der Waals surface area contributed by atoms with Gasteiger partial charge in [0.2, 0.25) is 0 Å². The Labute approximate surface area is 155 Å². The molecule has 0 saturated carbocycles. The maximum atomic E-state index is 9.00. The smallest absolute Gasteiger partial charge is 0.300 e. The third kappa shape index (κ3) is 3550. The van der Waals surface area contributed by atoms with Crippen LogP contribution in [0, 0.1) is 0 Å². The number of rotatable bonds is 0. The van der Waals surface area contributed by atoms with Crippen LogP contribution in [0.1, 0.15) is 34.6 Å². The van der Waals surface area contributed by atoms with E-state index < -0.39 is 29.8 Å². The molecule has 0 rings (SSSR count). The van der Waals surface area contributed by atoms with Crippen molar-refractivity contribution in [3.63, 3.8) is 0 Å². The quantitative estimate of drug-likeness (QED) is 0.260. The van der Waals surface area contributed by atoms with Crippen molar-refractivity contribution in [2.45, 2.75) is 34.6 Å². The van der Waals surface area contributed by atoms with Gasteiger partial charge in [-0.2, -0.15) is 0 Å². The van der Waals surface area contributed by atoms with E-state index in [4.69, 9.17) is 49.5 Å². The van der Waals surface area contributed by atoms with Crippen molar-refractivity contribution in [3.05, 3.63) is 0 Å². The first kappa shape index (κ1) is 42.8. The molecule has 0 saturated heterocycles. The van der Waals surface area contributed by atoms with Gasteiger partial charge in [0.25, 0.3) is 29.8 Å². The van der Waals surface area contributed by atoms with Crippen LogP contribution in [-0.4, -0.2) is 55.4 Å². The Balaban J connectivity index is -0.0000000250. The minimum atomic E-state index is -0.833. The summed E-state index contributed by atoms with van der Waals surface area (Å²) in [6.45, 7) is 5.42. The van der Waals surface area contributed by atoms with Gasteiger partial charge in [0.1, 0.15) is 0 Å². The summed E-state index contributed by atoms with van der Waals surface area (Å²) >= 11 is 0. The third-order valence-corrected chi connectivity index (χ3v) is 0. The van der Waals surface area contributed by atoms with Crippen LogP contribution in [0.5, 0.6) is 0 Å². The van der Waals surface area contributed by atoms with Crippen LogP contribution in [0.15, 0.2) is 0 Å². The predicted octanol–water partition coefficient (Wildman–Crippen LogP) is 0.450. The summed E-state index contributed by atoms with van der Waals surface area (Å²) in [5, 5.41) is 37.1. The SMILES string of the molecule is CC(=O)O.CC(=O)O.CC(=O)O.CC(=O)O.CC(=O)O.[Au].[Zn]. The summed E-state index contributed by atoms with van der Waals surface area (Å²) < 4.78 is 0. The topological polar surface area (TPSA) is 186 Å².